The van der Waals surface area contributed by atoms with E-state index >= 15 is 0 Å². The summed E-state index contributed by atoms with van der Waals surface area (Å²) in [5, 5.41) is 3.03. The Morgan fingerprint density at radius 2 is 1.88 bits per heavy atom. The number of carbonyl (C=O) groups excluding carboxylic acids is 2. The van der Waals surface area contributed by atoms with Gasteiger partial charge in [0.25, 0.3) is 5.91 Å². The number of rotatable bonds is 7. The van der Waals surface area contributed by atoms with E-state index in [4.69, 9.17) is 9.47 Å². The number of esters is 1. The third-order valence-electron chi connectivity index (χ3n) is 4.89. The topological polar surface area (TPSA) is 64.6 Å². The van der Waals surface area contributed by atoms with E-state index in [9.17, 15) is 9.59 Å². The van der Waals surface area contributed by atoms with Crippen molar-refractivity contribution < 1.29 is 19.1 Å². The molecule has 1 saturated carbocycles. The summed E-state index contributed by atoms with van der Waals surface area (Å²) < 4.78 is 10.4. The predicted octanol–water partition coefficient (Wildman–Crippen LogP) is 3.25. The van der Waals surface area contributed by atoms with Crippen molar-refractivity contribution in [2.45, 2.75) is 64.5 Å². The van der Waals surface area contributed by atoms with Gasteiger partial charge in [0.15, 0.2) is 6.10 Å². The molecule has 1 aromatic carbocycles. The van der Waals surface area contributed by atoms with E-state index in [0.29, 0.717) is 12.3 Å². The molecule has 1 fully saturated rings. The molecule has 0 radical (unpaired) electrons. The van der Waals surface area contributed by atoms with E-state index in [0.717, 1.165) is 30.6 Å². The molecule has 0 aliphatic heterocycles. The second kappa shape index (κ2) is 9.44. The van der Waals surface area contributed by atoms with Crippen LogP contribution >= 0.6 is 0 Å². The molecule has 138 valence electrons. The number of methoxy groups -OCH3 is 1. The van der Waals surface area contributed by atoms with Crippen molar-refractivity contribution in [1.29, 1.82) is 0 Å². The smallest absolute Gasteiger partial charge is 0.306 e. The highest BCUT2D eigenvalue weighted by molar-refractivity contribution is 5.83. The lowest BCUT2D eigenvalue weighted by atomic mass is 9.86. The van der Waals surface area contributed by atoms with Crippen molar-refractivity contribution in [2.75, 3.05) is 7.11 Å². The van der Waals surface area contributed by atoms with Crippen LogP contribution in [0.15, 0.2) is 24.3 Å². The number of aryl methyl sites for hydroxylation is 1. The Hall–Kier alpha value is -2.04. The number of carbonyl (C=O) groups is 2. The first kappa shape index (κ1) is 19.3. The van der Waals surface area contributed by atoms with Crippen LogP contribution in [0, 0.1) is 5.92 Å². The maximum Gasteiger partial charge on any atom is 0.306 e. The van der Waals surface area contributed by atoms with E-state index in [1.807, 2.05) is 24.3 Å². The number of benzene rings is 1. The maximum absolute atomic E-state index is 12.2. The van der Waals surface area contributed by atoms with Crippen LogP contribution in [-0.2, 0) is 20.7 Å². The molecule has 5 nitrogen and oxygen atoms in total. The lowest BCUT2D eigenvalue weighted by Crippen LogP contribution is -2.46. The second-order valence-electron chi connectivity index (χ2n) is 6.86. The number of hydrogen-bond donors (Lipinski definition) is 1. The van der Waals surface area contributed by atoms with E-state index in [-0.39, 0.29) is 24.3 Å². The minimum Gasteiger partial charge on any atom is -0.497 e. The highest BCUT2D eigenvalue weighted by Gasteiger charge is 2.26. The molecule has 0 saturated heterocycles. The van der Waals surface area contributed by atoms with E-state index in [1.165, 1.54) is 6.42 Å². The maximum atomic E-state index is 12.2. The molecule has 25 heavy (non-hydrogen) atoms. The van der Waals surface area contributed by atoms with Crippen molar-refractivity contribution in [3.8, 4) is 5.75 Å². The predicted molar refractivity (Wildman–Crippen MR) is 96.4 cm³/mol. The molecule has 0 spiro atoms. The van der Waals surface area contributed by atoms with Crippen molar-refractivity contribution in [3.63, 3.8) is 0 Å². The third-order valence-corrected chi connectivity index (χ3v) is 4.89. The van der Waals surface area contributed by atoms with Gasteiger partial charge in [-0.2, -0.15) is 0 Å². The lowest BCUT2D eigenvalue weighted by molar-refractivity contribution is -0.155. The highest BCUT2D eigenvalue weighted by atomic mass is 16.5. The van der Waals surface area contributed by atoms with Crippen molar-refractivity contribution in [1.82, 2.24) is 5.32 Å². The van der Waals surface area contributed by atoms with Crippen LogP contribution in [0.2, 0.25) is 0 Å². The van der Waals surface area contributed by atoms with Crippen LogP contribution in [-0.4, -0.2) is 31.1 Å². The van der Waals surface area contributed by atoms with Gasteiger partial charge in [0.05, 0.1) is 7.11 Å². The molecule has 3 atom stereocenters. The molecule has 5 heteroatoms. The average molecular weight is 347 g/mol. The van der Waals surface area contributed by atoms with E-state index < -0.39 is 6.10 Å². The number of ether oxygens (including phenoxy) is 2. The number of nitrogens with one attached hydrogen (secondary N) is 1. The largest absolute Gasteiger partial charge is 0.497 e. The summed E-state index contributed by atoms with van der Waals surface area (Å²) in [6.45, 7) is 3.80. The summed E-state index contributed by atoms with van der Waals surface area (Å²) in [7, 11) is 1.62. The molecule has 3 unspecified atom stereocenters. The first-order valence-corrected chi connectivity index (χ1v) is 9.12. The first-order chi connectivity index (χ1) is 12.0. The van der Waals surface area contributed by atoms with Crippen LogP contribution in [0.3, 0.4) is 0 Å². The molecule has 1 aliphatic rings. The van der Waals surface area contributed by atoms with Gasteiger partial charge in [0, 0.05) is 12.5 Å². The van der Waals surface area contributed by atoms with Crippen molar-refractivity contribution in [2.24, 2.45) is 5.92 Å². The summed E-state index contributed by atoms with van der Waals surface area (Å²) in [6.07, 6.45) is 4.60. The third kappa shape index (κ3) is 6.07. The molecule has 1 amide bonds. The summed E-state index contributed by atoms with van der Waals surface area (Å²) in [5.41, 5.74) is 1.03. The Balaban J connectivity index is 1.73. The first-order valence-electron chi connectivity index (χ1n) is 9.12. The van der Waals surface area contributed by atoms with Gasteiger partial charge in [0.2, 0.25) is 0 Å². The zero-order valence-corrected chi connectivity index (χ0v) is 15.4. The SMILES string of the molecule is COc1ccc(CCC(=O)OC(C)C(=O)NC2CCCCC2C)cc1. The second-order valence-corrected chi connectivity index (χ2v) is 6.86. The summed E-state index contributed by atoms with van der Waals surface area (Å²) in [4.78, 5) is 24.2. The van der Waals surface area contributed by atoms with Gasteiger partial charge in [-0.3, -0.25) is 9.59 Å². The van der Waals surface area contributed by atoms with Gasteiger partial charge in [-0.1, -0.05) is 31.9 Å². The Kier molecular flexibility index (Phi) is 7.29. The molecule has 2 rings (SSSR count). The quantitative estimate of drug-likeness (QED) is 0.769. The summed E-state index contributed by atoms with van der Waals surface area (Å²) in [6, 6.07) is 7.77. The Morgan fingerprint density at radius 3 is 2.52 bits per heavy atom. The molecule has 0 heterocycles. The normalized spacial score (nSPS) is 21.2. The summed E-state index contributed by atoms with van der Waals surface area (Å²) >= 11 is 0. The van der Waals surface area contributed by atoms with E-state index in [2.05, 4.69) is 12.2 Å². The number of hydrogen-bond acceptors (Lipinski definition) is 4. The Morgan fingerprint density at radius 1 is 1.20 bits per heavy atom. The zero-order valence-electron chi connectivity index (χ0n) is 15.4. The van der Waals surface area contributed by atoms with Gasteiger partial charge in [-0.25, -0.2) is 0 Å². The van der Waals surface area contributed by atoms with Gasteiger partial charge < -0.3 is 14.8 Å². The van der Waals surface area contributed by atoms with Gasteiger partial charge >= 0.3 is 5.97 Å². The van der Waals surface area contributed by atoms with Crippen molar-refractivity contribution in [3.05, 3.63) is 29.8 Å². The van der Waals surface area contributed by atoms with Gasteiger partial charge in [0.1, 0.15) is 5.75 Å². The van der Waals surface area contributed by atoms with Crippen LogP contribution in [0.1, 0.15) is 51.5 Å². The fourth-order valence-electron chi connectivity index (χ4n) is 3.18. The molecule has 0 aromatic heterocycles. The van der Waals surface area contributed by atoms with Crippen molar-refractivity contribution >= 4 is 11.9 Å². The average Bonchev–Trinajstić information content (AvgIpc) is 2.62. The Labute approximate surface area is 150 Å². The fraction of sp³-hybridized carbons (Fsp3) is 0.600. The van der Waals surface area contributed by atoms with Crippen LogP contribution in [0.4, 0.5) is 0 Å². The monoisotopic (exact) mass is 347 g/mol. The van der Waals surface area contributed by atoms with Crippen LogP contribution in [0.5, 0.6) is 5.75 Å². The minimum atomic E-state index is -0.752. The molecular formula is C20H29NO4. The summed E-state index contributed by atoms with van der Waals surface area (Å²) in [5.74, 6) is 0.718. The molecular weight excluding hydrogens is 318 g/mol. The standard InChI is InChI=1S/C20H29NO4/c1-14-6-4-5-7-18(14)21-20(23)15(2)25-19(22)13-10-16-8-11-17(24-3)12-9-16/h8-9,11-12,14-15,18H,4-7,10,13H2,1-3H3,(H,21,23). The van der Waals surface area contributed by atoms with Gasteiger partial charge in [-0.15, -0.1) is 0 Å². The van der Waals surface area contributed by atoms with Crippen LogP contribution in [0.25, 0.3) is 0 Å². The Bertz CT molecular complexity index is 570. The van der Waals surface area contributed by atoms with Crippen LogP contribution < -0.4 is 10.1 Å². The van der Waals surface area contributed by atoms with E-state index in [1.54, 1.807) is 14.0 Å². The zero-order chi connectivity index (χ0) is 18.2. The minimum absolute atomic E-state index is 0.196. The molecule has 0 bridgehead atoms. The molecule has 1 aliphatic carbocycles. The highest BCUT2D eigenvalue weighted by Crippen LogP contribution is 2.23. The molecule has 1 N–H and O–H groups in total. The fourth-order valence-corrected chi connectivity index (χ4v) is 3.18. The number of amides is 1. The molecule has 1 aromatic rings. The lowest BCUT2D eigenvalue weighted by Gasteiger charge is -2.30. The van der Waals surface area contributed by atoms with Gasteiger partial charge in [-0.05, 0) is 49.8 Å².